The highest BCUT2D eigenvalue weighted by Gasteiger charge is 2.10. The molecule has 4 nitrogen and oxygen atoms in total. The van der Waals surface area contributed by atoms with Crippen molar-refractivity contribution in [3.8, 4) is 0 Å². The molecule has 0 saturated carbocycles. The molecule has 0 fully saturated rings. The van der Waals surface area contributed by atoms with Crippen LogP contribution in [0.1, 0.15) is 50.5 Å². The van der Waals surface area contributed by atoms with E-state index in [1.165, 1.54) is 6.20 Å². The molecule has 0 aliphatic rings. The number of hydrogen-bond donors (Lipinski definition) is 0. The number of carbonyl (C=O) groups excluding carboxylic acids is 1. The van der Waals surface area contributed by atoms with Crippen LogP contribution in [0.4, 0.5) is 0 Å². The summed E-state index contributed by atoms with van der Waals surface area (Å²) in [7, 11) is 0. The topological polar surface area (TPSA) is 47.8 Å². The Kier molecular flexibility index (Phi) is 4.89. The summed E-state index contributed by atoms with van der Waals surface area (Å²) >= 11 is 0. The molecule has 0 aromatic carbocycles. The van der Waals surface area contributed by atoms with E-state index >= 15 is 0 Å². The first-order chi connectivity index (χ1) is 7.72. The van der Waals surface area contributed by atoms with Crippen LogP contribution in [0.5, 0.6) is 0 Å². The summed E-state index contributed by atoms with van der Waals surface area (Å²) in [6.07, 6.45) is 6.03. The number of aryl methyl sites for hydroxylation is 1. The number of aromatic nitrogens is 3. The standard InChI is InChI=1S/C12H19N3O/c1-4-7-15-11(9-13-14-15)12(16)8-10(5-2)6-3/h8-9H,4-7H2,1-3H3. The molecule has 0 saturated heterocycles. The van der Waals surface area contributed by atoms with Gasteiger partial charge in [-0.2, -0.15) is 0 Å². The molecule has 1 heterocycles. The monoisotopic (exact) mass is 221 g/mol. The predicted molar refractivity (Wildman–Crippen MR) is 63.3 cm³/mol. The molecule has 1 aromatic heterocycles. The van der Waals surface area contributed by atoms with E-state index < -0.39 is 0 Å². The van der Waals surface area contributed by atoms with Crippen LogP contribution in [-0.4, -0.2) is 20.8 Å². The third-order valence-corrected chi connectivity index (χ3v) is 2.55. The van der Waals surface area contributed by atoms with Gasteiger partial charge in [-0.25, -0.2) is 4.68 Å². The van der Waals surface area contributed by atoms with Crippen molar-refractivity contribution >= 4 is 5.78 Å². The van der Waals surface area contributed by atoms with Gasteiger partial charge in [0.1, 0.15) is 5.69 Å². The van der Waals surface area contributed by atoms with Crippen LogP contribution in [0.15, 0.2) is 17.8 Å². The van der Waals surface area contributed by atoms with Crippen LogP contribution in [0.2, 0.25) is 0 Å². The lowest BCUT2D eigenvalue weighted by Gasteiger charge is -2.02. The Bertz CT molecular complexity index is 373. The maximum absolute atomic E-state index is 12.0. The molecular formula is C12H19N3O. The van der Waals surface area contributed by atoms with E-state index in [9.17, 15) is 4.79 Å². The summed E-state index contributed by atoms with van der Waals surface area (Å²) in [6, 6.07) is 0. The van der Waals surface area contributed by atoms with Gasteiger partial charge in [0.05, 0.1) is 6.20 Å². The molecule has 0 aliphatic carbocycles. The average Bonchev–Trinajstić information content (AvgIpc) is 2.74. The molecule has 0 N–H and O–H groups in total. The Morgan fingerprint density at radius 2 is 2.06 bits per heavy atom. The van der Waals surface area contributed by atoms with Gasteiger partial charge >= 0.3 is 0 Å². The second-order valence-corrected chi connectivity index (χ2v) is 3.72. The van der Waals surface area contributed by atoms with Crippen LogP contribution in [0.3, 0.4) is 0 Å². The number of allylic oxidation sites excluding steroid dienone is 2. The molecule has 0 atom stereocenters. The van der Waals surface area contributed by atoms with E-state index in [2.05, 4.69) is 31.1 Å². The molecular weight excluding hydrogens is 202 g/mol. The largest absolute Gasteiger partial charge is 0.287 e. The Balaban J connectivity index is 2.87. The minimum atomic E-state index is 0.0113. The molecule has 0 radical (unpaired) electrons. The van der Waals surface area contributed by atoms with Crippen LogP contribution >= 0.6 is 0 Å². The van der Waals surface area contributed by atoms with Gasteiger partial charge in [-0.05, 0) is 25.3 Å². The zero-order chi connectivity index (χ0) is 12.0. The summed E-state index contributed by atoms with van der Waals surface area (Å²) in [5.74, 6) is 0.0113. The van der Waals surface area contributed by atoms with E-state index in [0.29, 0.717) is 5.69 Å². The SMILES string of the molecule is CCCn1nncc1C(=O)C=C(CC)CC. The van der Waals surface area contributed by atoms with E-state index in [0.717, 1.165) is 31.4 Å². The quantitative estimate of drug-likeness (QED) is 0.548. The molecule has 0 unspecified atom stereocenters. The second kappa shape index (κ2) is 6.20. The Hall–Kier alpha value is -1.45. The van der Waals surface area contributed by atoms with Crippen molar-refractivity contribution in [3.63, 3.8) is 0 Å². The van der Waals surface area contributed by atoms with E-state index in [4.69, 9.17) is 0 Å². The third-order valence-electron chi connectivity index (χ3n) is 2.55. The number of carbonyl (C=O) groups is 1. The van der Waals surface area contributed by atoms with Crippen molar-refractivity contribution in [1.29, 1.82) is 0 Å². The predicted octanol–water partition coefficient (Wildman–Crippen LogP) is 2.62. The molecule has 88 valence electrons. The molecule has 4 heteroatoms. The smallest absolute Gasteiger partial charge is 0.205 e. The molecule has 0 amide bonds. The maximum Gasteiger partial charge on any atom is 0.205 e. The number of hydrogen-bond acceptors (Lipinski definition) is 3. The summed E-state index contributed by atoms with van der Waals surface area (Å²) < 4.78 is 1.67. The first-order valence-corrected chi connectivity index (χ1v) is 5.85. The van der Waals surface area contributed by atoms with Crippen molar-refractivity contribution in [3.05, 3.63) is 23.5 Å². The van der Waals surface area contributed by atoms with Gasteiger partial charge < -0.3 is 0 Å². The van der Waals surface area contributed by atoms with Crippen LogP contribution in [0.25, 0.3) is 0 Å². The first kappa shape index (κ1) is 12.6. The summed E-state index contributed by atoms with van der Waals surface area (Å²) in [5, 5.41) is 7.69. The summed E-state index contributed by atoms with van der Waals surface area (Å²) in [5.41, 5.74) is 1.75. The highest BCUT2D eigenvalue weighted by atomic mass is 16.1. The van der Waals surface area contributed by atoms with Gasteiger partial charge in [-0.1, -0.05) is 31.6 Å². The summed E-state index contributed by atoms with van der Waals surface area (Å²) in [6.45, 7) is 6.91. The van der Waals surface area contributed by atoms with Crippen LogP contribution < -0.4 is 0 Å². The van der Waals surface area contributed by atoms with Crippen molar-refractivity contribution in [2.45, 2.75) is 46.6 Å². The maximum atomic E-state index is 12.0. The van der Waals surface area contributed by atoms with Gasteiger partial charge in [0.25, 0.3) is 0 Å². The number of nitrogens with zero attached hydrogens (tertiary/aromatic N) is 3. The normalized spacial score (nSPS) is 10.2. The molecule has 1 aromatic rings. The molecule has 0 bridgehead atoms. The number of rotatable bonds is 6. The van der Waals surface area contributed by atoms with Crippen molar-refractivity contribution < 1.29 is 4.79 Å². The van der Waals surface area contributed by atoms with Gasteiger partial charge in [0.15, 0.2) is 0 Å². The minimum Gasteiger partial charge on any atom is -0.287 e. The Labute approximate surface area is 96.3 Å². The molecule has 1 rings (SSSR count). The van der Waals surface area contributed by atoms with Crippen molar-refractivity contribution in [2.75, 3.05) is 0 Å². The van der Waals surface area contributed by atoms with Gasteiger partial charge in [0.2, 0.25) is 5.78 Å². The van der Waals surface area contributed by atoms with Crippen LogP contribution in [0, 0.1) is 0 Å². The zero-order valence-corrected chi connectivity index (χ0v) is 10.2. The van der Waals surface area contributed by atoms with Crippen molar-refractivity contribution in [2.24, 2.45) is 0 Å². The lowest BCUT2D eigenvalue weighted by atomic mass is 10.1. The molecule has 0 spiro atoms. The van der Waals surface area contributed by atoms with Gasteiger partial charge in [0, 0.05) is 6.54 Å². The van der Waals surface area contributed by atoms with Gasteiger partial charge in [-0.15, -0.1) is 5.10 Å². The Morgan fingerprint density at radius 1 is 1.38 bits per heavy atom. The van der Waals surface area contributed by atoms with Crippen LogP contribution in [-0.2, 0) is 6.54 Å². The first-order valence-electron chi connectivity index (χ1n) is 5.85. The van der Waals surface area contributed by atoms with E-state index in [-0.39, 0.29) is 5.78 Å². The Morgan fingerprint density at radius 3 is 2.62 bits per heavy atom. The fraction of sp³-hybridized carbons (Fsp3) is 0.583. The summed E-state index contributed by atoms with van der Waals surface area (Å²) in [4.78, 5) is 12.0. The average molecular weight is 221 g/mol. The molecule has 16 heavy (non-hydrogen) atoms. The fourth-order valence-electron chi connectivity index (χ4n) is 1.54. The van der Waals surface area contributed by atoms with E-state index in [1.54, 1.807) is 10.8 Å². The molecule has 0 aliphatic heterocycles. The lowest BCUT2D eigenvalue weighted by molar-refractivity contribution is 0.103. The van der Waals surface area contributed by atoms with Gasteiger partial charge in [-0.3, -0.25) is 4.79 Å². The highest BCUT2D eigenvalue weighted by Crippen LogP contribution is 2.09. The second-order valence-electron chi connectivity index (χ2n) is 3.72. The van der Waals surface area contributed by atoms with E-state index in [1.807, 2.05) is 0 Å². The third kappa shape index (κ3) is 3.02. The lowest BCUT2D eigenvalue weighted by Crippen LogP contribution is -2.09. The zero-order valence-electron chi connectivity index (χ0n) is 10.2. The van der Waals surface area contributed by atoms with Crippen molar-refractivity contribution in [1.82, 2.24) is 15.0 Å². The number of ketones is 1. The minimum absolute atomic E-state index is 0.0113. The fourth-order valence-corrected chi connectivity index (χ4v) is 1.54. The highest BCUT2D eigenvalue weighted by molar-refractivity contribution is 6.03.